The highest BCUT2D eigenvalue weighted by atomic mass is 35.5. The molecule has 0 saturated carbocycles. The standard InChI is InChI=1S/C36H32ClN5O4S/c1-23-32(36(46)42(41(23)3)29-12-8-5-9-13-29)40-33(43)24(2)47-30-20-18-28(19-21-30)38-35(45)31(22-25-14-16-27(37)17-15-25)39-34(44)26-10-6-4-7-11-26/h4-22,24H,1-3H3,(H,38,45)(H,39,44)(H,40,43)/b31-22-. The highest BCUT2D eigenvalue weighted by Crippen LogP contribution is 2.26. The van der Waals surface area contributed by atoms with E-state index in [1.165, 1.54) is 16.4 Å². The van der Waals surface area contributed by atoms with Crippen LogP contribution in [0.3, 0.4) is 0 Å². The number of amides is 3. The second-order valence-electron chi connectivity index (χ2n) is 10.6. The molecule has 1 heterocycles. The Morgan fingerprint density at radius 1 is 0.830 bits per heavy atom. The molecule has 0 fully saturated rings. The van der Waals surface area contributed by atoms with Crippen molar-refractivity contribution in [2.45, 2.75) is 24.0 Å². The number of thioether (sulfide) groups is 1. The van der Waals surface area contributed by atoms with Crippen LogP contribution in [0.2, 0.25) is 5.02 Å². The van der Waals surface area contributed by atoms with Gasteiger partial charge in [0.15, 0.2) is 0 Å². The maximum Gasteiger partial charge on any atom is 0.295 e. The van der Waals surface area contributed by atoms with Crippen LogP contribution < -0.4 is 21.5 Å². The summed E-state index contributed by atoms with van der Waals surface area (Å²) in [6.45, 7) is 3.54. The Morgan fingerprint density at radius 3 is 2.09 bits per heavy atom. The third-order valence-electron chi connectivity index (χ3n) is 7.31. The minimum atomic E-state index is -0.526. The summed E-state index contributed by atoms with van der Waals surface area (Å²) in [5.41, 5.74) is 2.88. The zero-order chi connectivity index (χ0) is 33.5. The van der Waals surface area contributed by atoms with Crippen molar-refractivity contribution in [2.24, 2.45) is 7.05 Å². The third-order valence-corrected chi connectivity index (χ3v) is 8.67. The van der Waals surface area contributed by atoms with Gasteiger partial charge in [-0.1, -0.05) is 60.1 Å². The first-order chi connectivity index (χ1) is 22.6. The first kappa shape index (κ1) is 33.1. The lowest BCUT2D eigenvalue weighted by Gasteiger charge is -2.13. The average molecular weight is 666 g/mol. The van der Waals surface area contributed by atoms with Crippen molar-refractivity contribution >= 4 is 58.5 Å². The van der Waals surface area contributed by atoms with Crippen molar-refractivity contribution in [3.63, 3.8) is 0 Å². The van der Waals surface area contributed by atoms with E-state index in [-0.39, 0.29) is 22.9 Å². The number of hydrogen-bond acceptors (Lipinski definition) is 5. The number of nitrogens with one attached hydrogen (secondary N) is 3. The Kier molecular flexibility index (Phi) is 10.4. The Labute approximate surface area is 281 Å². The molecular formula is C36H32ClN5O4S. The van der Waals surface area contributed by atoms with Crippen LogP contribution in [0.15, 0.2) is 125 Å². The van der Waals surface area contributed by atoms with Crippen molar-refractivity contribution in [1.82, 2.24) is 14.7 Å². The van der Waals surface area contributed by atoms with E-state index >= 15 is 0 Å². The van der Waals surface area contributed by atoms with Gasteiger partial charge in [-0.25, -0.2) is 4.68 Å². The van der Waals surface area contributed by atoms with E-state index < -0.39 is 17.1 Å². The Bertz CT molecular complexity index is 1990. The maximum atomic E-state index is 13.3. The lowest BCUT2D eigenvalue weighted by atomic mass is 10.1. The molecule has 0 bridgehead atoms. The number of rotatable bonds is 10. The van der Waals surface area contributed by atoms with Crippen LogP contribution in [0.25, 0.3) is 11.8 Å². The van der Waals surface area contributed by atoms with Gasteiger partial charge in [0.2, 0.25) is 5.91 Å². The van der Waals surface area contributed by atoms with Gasteiger partial charge in [0, 0.05) is 28.2 Å². The summed E-state index contributed by atoms with van der Waals surface area (Å²) in [5, 5.41) is 8.37. The molecule has 5 rings (SSSR count). The predicted octanol–water partition coefficient (Wildman–Crippen LogP) is 6.67. The normalized spacial score (nSPS) is 11.9. The van der Waals surface area contributed by atoms with Crippen molar-refractivity contribution in [1.29, 1.82) is 0 Å². The van der Waals surface area contributed by atoms with Crippen molar-refractivity contribution in [2.75, 3.05) is 10.6 Å². The van der Waals surface area contributed by atoms with E-state index in [0.717, 1.165) is 4.90 Å². The monoisotopic (exact) mass is 665 g/mol. The van der Waals surface area contributed by atoms with E-state index in [1.54, 1.807) is 111 Å². The second-order valence-corrected chi connectivity index (χ2v) is 12.4. The Morgan fingerprint density at radius 2 is 1.45 bits per heavy atom. The summed E-state index contributed by atoms with van der Waals surface area (Å²) in [6, 6.07) is 31.7. The Balaban J connectivity index is 1.25. The molecule has 1 unspecified atom stereocenters. The van der Waals surface area contributed by atoms with Gasteiger partial charge in [0.05, 0.1) is 16.6 Å². The van der Waals surface area contributed by atoms with Crippen LogP contribution >= 0.6 is 23.4 Å². The molecule has 4 aromatic carbocycles. The van der Waals surface area contributed by atoms with Gasteiger partial charge in [0.25, 0.3) is 17.4 Å². The van der Waals surface area contributed by atoms with Crippen LogP contribution in [-0.4, -0.2) is 32.3 Å². The van der Waals surface area contributed by atoms with E-state index in [9.17, 15) is 19.2 Å². The first-order valence-electron chi connectivity index (χ1n) is 14.7. The molecule has 0 aliphatic rings. The summed E-state index contributed by atoms with van der Waals surface area (Å²) >= 11 is 7.33. The lowest BCUT2D eigenvalue weighted by molar-refractivity contribution is -0.115. The number of carbonyl (C=O) groups excluding carboxylic acids is 3. The number of hydrogen-bond donors (Lipinski definition) is 3. The smallest absolute Gasteiger partial charge is 0.295 e. The van der Waals surface area contributed by atoms with Crippen LogP contribution in [0.4, 0.5) is 11.4 Å². The summed E-state index contributed by atoms with van der Waals surface area (Å²) in [7, 11) is 1.77. The summed E-state index contributed by atoms with van der Waals surface area (Å²) in [4.78, 5) is 53.3. The van der Waals surface area contributed by atoms with E-state index in [0.29, 0.717) is 33.2 Å². The van der Waals surface area contributed by atoms with Crippen LogP contribution in [-0.2, 0) is 16.6 Å². The fraction of sp³-hybridized carbons (Fsp3) is 0.111. The van der Waals surface area contributed by atoms with Gasteiger partial charge in [-0.05, 0) is 86.2 Å². The first-order valence-corrected chi connectivity index (χ1v) is 15.9. The number of nitrogens with zero attached hydrogens (tertiary/aromatic N) is 2. The maximum absolute atomic E-state index is 13.3. The number of anilines is 2. The third kappa shape index (κ3) is 8.10. The molecule has 0 saturated heterocycles. The molecule has 238 valence electrons. The van der Waals surface area contributed by atoms with Crippen molar-refractivity contribution in [3.05, 3.63) is 147 Å². The zero-order valence-corrected chi connectivity index (χ0v) is 27.4. The van der Waals surface area contributed by atoms with E-state index in [1.807, 2.05) is 30.3 Å². The van der Waals surface area contributed by atoms with Gasteiger partial charge < -0.3 is 16.0 Å². The van der Waals surface area contributed by atoms with Gasteiger partial charge in [-0.2, -0.15) is 0 Å². The molecule has 3 amide bonds. The highest BCUT2D eigenvalue weighted by molar-refractivity contribution is 8.00. The van der Waals surface area contributed by atoms with Gasteiger partial charge >= 0.3 is 0 Å². The van der Waals surface area contributed by atoms with E-state index in [2.05, 4.69) is 16.0 Å². The van der Waals surface area contributed by atoms with E-state index in [4.69, 9.17) is 11.6 Å². The van der Waals surface area contributed by atoms with Crippen LogP contribution in [0, 0.1) is 6.92 Å². The fourth-order valence-electron chi connectivity index (χ4n) is 4.68. The molecule has 47 heavy (non-hydrogen) atoms. The fourth-order valence-corrected chi connectivity index (χ4v) is 5.67. The van der Waals surface area contributed by atoms with Crippen LogP contribution in [0.1, 0.15) is 28.5 Å². The molecule has 1 aromatic heterocycles. The number of para-hydroxylation sites is 1. The van der Waals surface area contributed by atoms with Gasteiger partial charge in [-0.3, -0.25) is 23.9 Å². The molecule has 0 radical (unpaired) electrons. The number of carbonyl (C=O) groups is 3. The molecule has 1 atom stereocenters. The highest BCUT2D eigenvalue weighted by Gasteiger charge is 2.22. The average Bonchev–Trinajstić information content (AvgIpc) is 3.29. The van der Waals surface area contributed by atoms with Gasteiger partial charge in [0.1, 0.15) is 11.4 Å². The van der Waals surface area contributed by atoms with Crippen LogP contribution in [0.5, 0.6) is 0 Å². The quantitative estimate of drug-likeness (QED) is 0.114. The molecule has 5 aromatic rings. The summed E-state index contributed by atoms with van der Waals surface area (Å²) in [5.74, 6) is -1.26. The molecular weight excluding hydrogens is 634 g/mol. The molecule has 0 spiro atoms. The minimum Gasteiger partial charge on any atom is -0.321 e. The number of aromatic nitrogens is 2. The molecule has 0 aliphatic heterocycles. The predicted molar refractivity (Wildman–Crippen MR) is 188 cm³/mol. The topological polar surface area (TPSA) is 114 Å². The zero-order valence-electron chi connectivity index (χ0n) is 25.9. The Hall–Kier alpha value is -5.32. The molecule has 11 heteroatoms. The van der Waals surface area contributed by atoms with Crippen molar-refractivity contribution < 1.29 is 14.4 Å². The second kappa shape index (κ2) is 14.8. The number of benzene rings is 4. The lowest BCUT2D eigenvalue weighted by Crippen LogP contribution is -2.30. The summed E-state index contributed by atoms with van der Waals surface area (Å²) < 4.78 is 3.22. The molecule has 3 N–H and O–H groups in total. The van der Waals surface area contributed by atoms with Crippen molar-refractivity contribution in [3.8, 4) is 5.69 Å². The summed E-state index contributed by atoms with van der Waals surface area (Å²) in [6.07, 6.45) is 1.57. The molecule has 9 nitrogen and oxygen atoms in total. The molecule has 0 aliphatic carbocycles. The SMILES string of the molecule is Cc1c(NC(=O)C(C)Sc2ccc(NC(=O)/C(=C/c3ccc(Cl)cc3)NC(=O)c3ccccc3)cc2)c(=O)n(-c2ccccc2)n1C. The number of halogens is 1. The largest absolute Gasteiger partial charge is 0.321 e. The van der Waals surface area contributed by atoms with Gasteiger partial charge in [-0.15, -0.1) is 11.8 Å². The minimum absolute atomic E-state index is 0.0486.